The van der Waals surface area contributed by atoms with Crippen LogP contribution in [0.2, 0.25) is 0 Å². The predicted molar refractivity (Wildman–Crippen MR) is 70.7 cm³/mol. The van der Waals surface area contributed by atoms with Gasteiger partial charge in [-0.3, -0.25) is 4.98 Å². The minimum Gasteiger partial charge on any atom is -0.336 e. The summed E-state index contributed by atoms with van der Waals surface area (Å²) in [4.78, 5) is 12.1. The zero-order valence-corrected chi connectivity index (χ0v) is 11.2. The number of nitrogens with one attached hydrogen (secondary N) is 1. The van der Waals surface area contributed by atoms with E-state index in [9.17, 15) is 0 Å². The molecule has 0 unspecified atom stereocenters. The van der Waals surface area contributed by atoms with Gasteiger partial charge in [-0.15, -0.1) is 0 Å². The molecule has 0 aromatic carbocycles. The van der Waals surface area contributed by atoms with Gasteiger partial charge in [-0.1, -0.05) is 0 Å². The van der Waals surface area contributed by atoms with Gasteiger partial charge < -0.3 is 4.98 Å². The van der Waals surface area contributed by atoms with Gasteiger partial charge in [0.25, 0.3) is 0 Å². The molecule has 4 nitrogen and oxygen atoms in total. The summed E-state index contributed by atoms with van der Waals surface area (Å²) in [6.07, 6.45) is 5.23. The fourth-order valence-electron chi connectivity index (χ4n) is 1.89. The van der Waals surface area contributed by atoms with Crippen LogP contribution >= 0.6 is 15.9 Å². The second-order valence-electron chi connectivity index (χ2n) is 4.54. The zero-order valence-electron chi connectivity index (χ0n) is 9.65. The van der Waals surface area contributed by atoms with Crippen LogP contribution in [0.25, 0.3) is 11.4 Å². The number of hydrogen-bond donors (Lipinski definition) is 1. The molecule has 5 heteroatoms. The number of aromatic amines is 1. The lowest BCUT2D eigenvalue weighted by molar-refractivity contribution is 0.783. The van der Waals surface area contributed by atoms with Gasteiger partial charge in [0.2, 0.25) is 0 Å². The van der Waals surface area contributed by atoms with Crippen LogP contribution in [0.4, 0.5) is 0 Å². The lowest BCUT2D eigenvalue weighted by Crippen LogP contribution is -1.90. The topological polar surface area (TPSA) is 65.4 Å². The number of pyridine rings is 1. The maximum absolute atomic E-state index is 8.89. The molecule has 1 N–H and O–H groups in total. The Morgan fingerprint density at radius 3 is 3.06 bits per heavy atom. The third-order valence-corrected chi connectivity index (χ3v) is 3.59. The first-order chi connectivity index (χ1) is 8.76. The van der Waals surface area contributed by atoms with E-state index >= 15 is 0 Å². The summed E-state index contributed by atoms with van der Waals surface area (Å²) in [5, 5.41) is 8.89. The second-order valence-corrected chi connectivity index (χ2v) is 5.33. The van der Waals surface area contributed by atoms with Crippen molar-refractivity contribution in [3.8, 4) is 17.5 Å². The first-order valence-electron chi connectivity index (χ1n) is 5.87. The number of nitrogens with zero attached hydrogens (tertiary/aromatic N) is 3. The molecule has 1 aliphatic rings. The molecule has 2 heterocycles. The van der Waals surface area contributed by atoms with Crippen LogP contribution in [0.1, 0.15) is 24.2 Å². The molecule has 2 aromatic heterocycles. The highest BCUT2D eigenvalue weighted by Gasteiger charge is 2.24. The van der Waals surface area contributed by atoms with E-state index in [4.69, 9.17) is 5.26 Å². The van der Waals surface area contributed by atoms with E-state index < -0.39 is 0 Å². The van der Waals surface area contributed by atoms with Crippen molar-refractivity contribution in [1.82, 2.24) is 15.0 Å². The Morgan fingerprint density at radius 1 is 1.50 bits per heavy atom. The van der Waals surface area contributed by atoms with Crippen LogP contribution in [0.3, 0.4) is 0 Å². The van der Waals surface area contributed by atoms with E-state index in [0.717, 1.165) is 34.2 Å². The monoisotopic (exact) mass is 302 g/mol. The van der Waals surface area contributed by atoms with Gasteiger partial charge in [0, 0.05) is 12.6 Å². The van der Waals surface area contributed by atoms with Crippen molar-refractivity contribution in [2.75, 3.05) is 0 Å². The molecule has 0 radical (unpaired) electrons. The Kier molecular flexibility index (Phi) is 2.88. The Balaban J connectivity index is 1.94. The van der Waals surface area contributed by atoms with E-state index in [2.05, 4.69) is 37.0 Å². The largest absolute Gasteiger partial charge is 0.336 e. The second kappa shape index (κ2) is 4.54. The van der Waals surface area contributed by atoms with Crippen LogP contribution in [0, 0.1) is 17.2 Å². The van der Waals surface area contributed by atoms with Gasteiger partial charge in [0.1, 0.15) is 16.1 Å². The molecule has 1 aliphatic carbocycles. The van der Waals surface area contributed by atoms with Crippen molar-refractivity contribution in [2.24, 2.45) is 5.92 Å². The SMILES string of the molecule is N#Cc1ccnc(-c2nc(CC3CC3)[nH]c2Br)c1. The first kappa shape index (κ1) is 11.4. The Morgan fingerprint density at radius 2 is 2.33 bits per heavy atom. The molecule has 90 valence electrons. The lowest BCUT2D eigenvalue weighted by atomic mass is 10.2. The van der Waals surface area contributed by atoms with E-state index in [0.29, 0.717) is 5.56 Å². The first-order valence-corrected chi connectivity index (χ1v) is 6.66. The molecule has 1 fully saturated rings. The smallest absolute Gasteiger partial charge is 0.121 e. The van der Waals surface area contributed by atoms with E-state index in [1.54, 1.807) is 18.3 Å². The predicted octanol–water partition coefficient (Wildman–Crippen LogP) is 3.06. The van der Waals surface area contributed by atoms with Gasteiger partial charge in [-0.25, -0.2) is 4.98 Å². The van der Waals surface area contributed by atoms with Crippen molar-refractivity contribution in [3.05, 3.63) is 34.3 Å². The highest BCUT2D eigenvalue weighted by Crippen LogP contribution is 2.33. The Labute approximate surface area is 113 Å². The standard InChI is InChI=1S/C13H11BrN4/c14-13-12(10-5-9(7-15)3-4-16-10)17-11(18-13)6-8-1-2-8/h3-5,8H,1-2,6H2,(H,17,18). The number of halogens is 1. The minimum atomic E-state index is 0.596. The van der Waals surface area contributed by atoms with Crippen molar-refractivity contribution in [2.45, 2.75) is 19.3 Å². The normalized spacial score (nSPS) is 14.4. The molecule has 1 saturated carbocycles. The lowest BCUT2D eigenvalue weighted by Gasteiger charge is -1.96. The molecule has 0 bridgehead atoms. The number of hydrogen-bond acceptors (Lipinski definition) is 3. The van der Waals surface area contributed by atoms with E-state index in [-0.39, 0.29) is 0 Å². The zero-order chi connectivity index (χ0) is 12.5. The summed E-state index contributed by atoms with van der Waals surface area (Å²) in [7, 11) is 0. The maximum Gasteiger partial charge on any atom is 0.121 e. The molecule has 0 amide bonds. The van der Waals surface area contributed by atoms with E-state index in [1.165, 1.54) is 12.8 Å². The molecule has 0 aliphatic heterocycles. The van der Waals surface area contributed by atoms with Crippen LogP contribution in [-0.4, -0.2) is 15.0 Å². The van der Waals surface area contributed by atoms with Gasteiger partial charge in [0.05, 0.1) is 17.3 Å². The van der Waals surface area contributed by atoms with Gasteiger partial charge in [-0.05, 0) is 46.8 Å². The Bertz CT molecular complexity index is 622. The van der Waals surface area contributed by atoms with Crippen LogP contribution < -0.4 is 0 Å². The fraction of sp³-hybridized carbons (Fsp3) is 0.308. The average molecular weight is 303 g/mol. The number of imidazole rings is 1. The summed E-state index contributed by atoms with van der Waals surface area (Å²) in [5.41, 5.74) is 2.10. The minimum absolute atomic E-state index is 0.596. The van der Waals surface area contributed by atoms with Crippen molar-refractivity contribution < 1.29 is 0 Å². The highest BCUT2D eigenvalue weighted by atomic mass is 79.9. The molecule has 0 atom stereocenters. The molecule has 3 rings (SSSR count). The maximum atomic E-state index is 8.89. The summed E-state index contributed by atoms with van der Waals surface area (Å²) >= 11 is 3.47. The molecular formula is C13H11BrN4. The van der Waals surface area contributed by atoms with Crippen LogP contribution in [-0.2, 0) is 6.42 Å². The third-order valence-electron chi connectivity index (χ3n) is 3.02. The number of nitriles is 1. The number of rotatable bonds is 3. The molecule has 0 spiro atoms. The molecular weight excluding hydrogens is 292 g/mol. The highest BCUT2D eigenvalue weighted by molar-refractivity contribution is 9.10. The summed E-state index contributed by atoms with van der Waals surface area (Å²) in [5.74, 6) is 1.78. The van der Waals surface area contributed by atoms with Crippen LogP contribution in [0.5, 0.6) is 0 Å². The fourth-order valence-corrected chi connectivity index (χ4v) is 2.41. The van der Waals surface area contributed by atoms with Gasteiger partial charge in [0.15, 0.2) is 0 Å². The van der Waals surface area contributed by atoms with E-state index in [1.807, 2.05) is 0 Å². The Hall–Kier alpha value is -1.67. The summed E-state index contributed by atoms with van der Waals surface area (Å²) in [6, 6.07) is 5.55. The van der Waals surface area contributed by atoms with Crippen molar-refractivity contribution >= 4 is 15.9 Å². The van der Waals surface area contributed by atoms with Crippen LogP contribution in [0.15, 0.2) is 22.9 Å². The molecule has 0 saturated heterocycles. The van der Waals surface area contributed by atoms with Gasteiger partial charge in [-0.2, -0.15) is 5.26 Å². The quantitative estimate of drug-likeness (QED) is 0.947. The summed E-state index contributed by atoms with van der Waals surface area (Å²) < 4.78 is 0.834. The van der Waals surface area contributed by atoms with Crippen molar-refractivity contribution in [1.29, 1.82) is 5.26 Å². The number of H-pyrrole nitrogens is 1. The molecule has 2 aromatic rings. The average Bonchev–Trinajstić information content (AvgIpc) is 3.12. The van der Waals surface area contributed by atoms with Gasteiger partial charge >= 0.3 is 0 Å². The molecule has 18 heavy (non-hydrogen) atoms. The third kappa shape index (κ3) is 2.29. The number of aromatic nitrogens is 3. The van der Waals surface area contributed by atoms with Crippen molar-refractivity contribution in [3.63, 3.8) is 0 Å². The summed E-state index contributed by atoms with van der Waals surface area (Å²) in [6.45, 7) is 0.